The maximum atomic E-state index is 13.1. The van der Waals surface area contributed by atoms with E-state index in [1.165, 1.54) is 25.1 Å². The molecule has 0 saturated carbocycles. The molecular formula is C17H19FN2O3S. The van der Waals surface area contributed by atoms with E-state index in [0.29, 0.717) is 5.69 Å². The van der Waals surface area contributed by atoms with E-state index in [1.54, 1.807) is 18.2 Å². The van der Waals surface area contributed by atoms with Crippen LogP contribution in [0.3, 0.4) is 0 Å². The maximum Gasteiger partial charge on any atom is 0.233 e. The Labute approximate surface area is 141 Å². The molecule has 2 rings (SSSR count). The second kappa shape index (κ2) is 7.44. The molecule has 7 heteroatoms. The number of sulfonamides is 1. The van der Waals surface area contributed by atoms with Gasteiger partial charge in [-0.1, -0.05) is 25.1 Å². The SMILES string of the molecule is Cc1cccc(NC(=O)C(C)CS(=O)(=O)Nc2cccc(F)c2)c1. The van der Waals surface area contributed by atoms with Gasteiger partial charge in [0, 0.05) is 5.69 Å². The van der Waals surface area contributed by atoms with Gasteiger partial charge in [-0.2, -0.15) is 0 Å². The molecule has 2 aromatic rings. The molecule has 0 aliphatic heterocycles. The molecule has 0 saturated heterocycles. The average Bonchev–Trinajstić information content (AvgIpc) is 2.46. The van der Waals surface area contributed by atoms with Crippen LogP contribution in [0.15, 0.2) is 48.5 Å². The van der Waals surface area contributed by atoms with E-state index in [2.05, 4.69) is 10.0 Å². The first-order valence-electron chi connectivity index (χ1n) is 7.39. The molecule has 0 aromatic heterocycles. The van der Waals surface area contributed by atoms with Crippen molar-refractivity contribution in [2.75, 3.05) is 15.8 Å². The summed E-state index contributed by atoms with van der Waals surface area (Å²) in [5, 5.41) is 2.69. The Morgan fingerprint density at radius 2 is 1.79 bits per heavy atom. The van der Waals surface area contributed by atoms with Gasteiger partial charge in [0.15, 0.2) is 0 Å². The van der Waals surface area contributed by atoms with Gasteiger partial charge in [0.25, 0.3) is 0 Å². The van der Waals surface area contributed by atoms with Crippen molar-refractivity contribution < 1.29 is 17.6 Å². The van der Waals surface area contributed by atoms with Crippen molar-refractivity contribution in [3.05, 3.63) is 59.9 Å². The monoisotopic (exact) mass is 350 g/mol. The van der Waals surface area contributed by atoms with Crippen molar-refractivity contribution in [3.8, 4) is 0 Å². The van der Waals surface area contributed by atoms with E-state index in [9.17, 15) is 17.6 Å². The molecule has 0 aliphatic rings. The van der Waals surface area contributed by atoms with Crippen LogP contribution in [-0.4, -0.2) is 20.1 Å². The Bertz CT molecular complexity index is 837. The minimum Gasteiger partial charge on any atom is -0.326 e. The van der Waals surface area contributed by atoms with Gasteiger partial charge in [-0.3, -0.25) is 9.52 Å². The summed E-state index contributed by atoms with van der Waals surface area (Å²) in [6, 6.07) is 12.4. The molecule has 0 fully saturated rings. The highest BCUT2D eigenvalue weighted by Gasteiger charge is 2.22. The maximum absolute atomic E-state index is 13.1. The second-order valence-electron chi connectivity index (χ2n) is 5.65. The standard InChI is InChI=1S/C17H19FN2O3S/c1-12-5-3-7-15(9-12)19-17(21)13(2)11-24(22,23)20-16-8-4-6-14(18)10-16/h3-10,13,20H,11H2,1-2H3,(H,19,21). The Morgan fingerprint density at radius 1 is 1.12 bits per heavy atom. The predicted octanol–water partition coefficient (Wildman–Crippen LogP) is 3.15. The summed E-state index contributed by atoms with van der Waals surface area (Å²) in [6.45, 7) is 3.42. The number of nitrogens with one attached hydrogen (secondary N) is 2. The van der Waals surface area contributed by atoms with Crippen molar-refractivity contribution >= 4 is 27.3 Å². The number of amides is 1. The zero-order chi connectivity index (χ0) is 17.7. The first kappa shape index (κ1) is 17.9. The number of carbonyl (C=O) groups excluding carboxylic acids is 1. The molecule has 2 N–H and O–H groups in total. The summed E-state index contributed by atoms with van der Waals surface area (Å²) in [7, 11) is -3.77. The highest BCUT2D eigenvalue weighted by Crippen LogP contribution is 2.15. The molecule has 0 aliphatic carbocycles. The van der Waals surface area contributed by atoms with Gasteiger partial charge >= 0.3 is 0 Å². The molecule has 0 radical (unpaired) electrons. The normalized spacial score (nSPS) is 12.5. The summed E-state index contributed by atoms with van der Waals surface area (Å²) in [5.41, 5.74) is 1.73. The third kappa shape index (κ3) is 5.34. The van der Waals surface area contributed by atoms with E-state index in [-0.39, 0.29) is 5.69 Å². The van der Waals surface area contributed by atoms with Gasteiger partial charge in [0.1, 0.15) is 5.82 Å². The molecule has 1 unspecified atom stereocenters. The summed E-state index contributed by atoms with van der Waals surface area (Å²) in [5.74, 6) is -2.11. The molecule has 1 atom stereocenters. The first-order valence-corrected chi connectivity index (χ1v) is 9.04. The van der Waals surface area contributed by atoms with Crippen LogP contribution < -0.4 is 10.0 Å². The van der Waals surface area contributed by atoms with Crippen LogP contribution in [0.2, 0.25) is 0 Å². The lowest BCUT2D eigenvalue weighted by atomic mass is 10.2. The van der Waals surface area contributed by atoms with E-state index < -0.39 is 33.4 Å². The highest BCUT2D eigenvalue weighted by atomic mass is 32.2. The first-order chi connectivity index (χ1) is 11.2. The van der Waals surface area contributed by atoms with Crippen LogP contribution in [0.25, 0.3) is 0 Å². The van der Waals surface area contributed by atoms with Crippen LogP contribution in [-0.2, 0) is 14.8 Å². The predicted molar refractivity (Wildman–Crippen MR) is 92.8 cm³/mol. The fraction of sp³-hybridized carbons (Fsp3) is 0.235. The Morgan fingerprint density at radius 3 is 2.46 bits per heavy atom. The second-order valence-corrected chi connectivity index (χ2v) is 7.42. The number of aryl methyl sites for hydroxylation is 1. The van der Waals surface area contributed by atoms with Crippen molar-refractivity contribution in [2.24, 2.45) is 5.92 Å². The lowest BCUT2D eigenvalue weighted by Gasteiger charge is -2.14. The third-order valence-corrected chi connectivity index (χ3v) is 4.79. The van der Waals surface area contributed by atoms with Crippen LogP contribution in [0, 0.1) is 18.7 Å². The molecule has 5 nitrogen and oxygen atoms in total. The highest BCUT2D eigenvalue weighted by molar-refractivity contribution is 7.92. The summed E-state index contributed by atoms with van der Waals surface area (Å²) < 4.78 is 39.6. The summed E-state index contributed by atoms with van der Waals surface area (Å²) in [4.78, 5) is 12.1. The Balaban J connectivity index is 1.99. The van der Waals surface area contributed by atoms with Gasteiger partial charge in [0.2, 0.25) is 15.9 Å². The van der Waals surface area contributed by atoms with E-state index in [0.717, 1.165) is 11.6 Å². The smallest absolute Gasteiger partial charge is 0.233 e. The minimum absolute atomic E-state index is 0.126. The van der Waals surface area contributed by atoms with E-state index in [1.807, 2.05) is 13.0 Å². The largest absolute Gasteiger partial charge is 0.326 e. The molecule has 0 spiro atoms. The van der Waals surface area contributed by atoms with Gasteiger partial charge < -0.3 is 5.32 Å². The zero-order valence-corrected chi connectivity index (χ0v) is 14.2. The Hall–Kier alpha value is -2.41. The van der Waals surface area contributed by atoms with Gasteiger partial charge in [-0.15, -0.1) is 0 Å². The fourth-order valence-corrected chi connectivity index (χ4v) is 3.55. The van der Waals surface area contributed by atoms with Crippen LogP contribution in [0.1, 0.15) is 12.5 Å². The molecule has 1 amide bonds. The minimum atomic E-state index is -3.77. The number of rotatable bonds is 6. The number of anilines is 2. The molecule has 24 heavy (non-hydrogen) atoms. The molecule has 0 heterocycles. The van der Waals surface area contributed by atoms with E-state index >= 15 is 0 Å². The number of hydrogen-bond acceptors (Lipinski definition) is 3. The van der Waals surface area contributed by atoms with Gasteiger partial charge in [-0.05, 0) is 42.8 Å². The fourth-order valence-electron chi connectivity index (χ4n) is 2.17. The van der Waals surface area contributed by atoms with E-state index in [4.69, 9.17) is 0 Å². The molecular weight excluding hydrogens is 331 g/mol. The quantitative estimate of drug-likeness (QED) is 0.840. The zero-order valence-electron chi connectivity index (χ0n) is 13.4. The van der Waals surface area contributed by atoms with Crippen LogP contribution in [0.5, 0.6) is 0 Å². The van der Waals surface area contributed by atoms with Crippen molar-refractivity contribution in [3.63, 3.8) is 0 Å². The average molecular weight is 350 g/mol. The van der Waals surface area contributed by atoms with Crippen molar-refractivity contribution in [1.82, 2.24) is 0 Å². The number of benzene rings is 2. The molecule has 128 valence electrons. The van der Waals surface area contributed by atoms with Crippen LogP contribution in [0.4, 0.5) is 15.8 Å². The van der Waals surface area contributed by atoms with Crippen molar-refractivity contribution in [2.45, 2.75) is 13.8 Å². The van der Waals surface area contributed by atoms with Gasteiger partial charge in [0.05, 0.1) is 17.4 Å². The number of halogens is 1. The van der Waals surface area contributed by atoms with Crippen molar-refractivity contribution in [1.29, 1.82) is 0 Å². The third-order valence-electron chi connectivity index (χ3n) is 3.30. The summed E-state index contributed by atoms with van der Waals surface area (Å²) in [6.07, 6.45) is 0. The lowest BCUT2D eigenvalue weighted by Crippen LogP contribution is -2.29. The topological polar surface area (TPSA) is 75.3 Å². The van der Waals surface area contributed by atoms with Crippen LogP contribution >= 0.6 is 0 Å². The lowest BCUT2D eigenvalue weighted by molar-refractivity contribution is -0.118. The number of hydrogen-bond donors (Lipinski definition) is 2. The molecule has 2 aromatic carbocycles. The number of carbonyl (C=O) groups is 1. The molecule has 0 bridgehead atoms. The van der Waals surface area contributed by atoms with Gasteiger partial charge in [-0.25, -0.2) is 12.8 Å². The Kier molecular flexibility index (Phi) is 5.56. The summed E-state index contributed by atoms with van der Waals surface area (Å²) >= 11 is 0.